The molecule has 1 aromatic carbocycles. The average Bonchev–Trinajstić information content (AvgIpc) is 2.36. The van der Waals surface area contributed by atoms with Crippen LogP contribution in [0.2, 0.25) is 0 Å². The molecular formula is C13H18F4N2. The molecule has 108 valence electrons. The summed E-state index contributed by atoms with van der Waals surface area (Å²) >= 11 is 0. The Bertz CT molecular complexity index is 390. The van der Waals surface area contributed by atoms with Gasteiger partial charge >= 0.3 is 12.3 Å². The summed E-state index contributed by atoms with van der Waals surface area (Å²) in [6.07, 6.45) is -3.65. The third kappa shape index (κ3) is 4.38. The Morgan fingerprint density at radius 3 is 2.11 bits per heavy atom. The Kier molecular flexibility index (Phi) is 5.17. The molecule has 19 heavy (non-hydrogen) atoms. The summed E-state index contributed by atoms with van der Waals surface area (Å²) in [4.78, 5) is 1.91. The molecule has 0 aromatic heterocycles. The smallest absolute Gasteiger partial charge is 0.319 e. The summed E-state index contributed by atoms with van der Waals surface area (Å²) in [7, 11) is 3.78. The maximum absolute atomic E-state index is 12.8. The predicted octanol–water partition coefficient (Wildman–Crippen LogP) is 3.30. The van der Waals surface area contributed by atoms with Crippen molar-refractivity contribution in [2.75, 3.05) is 25.5 Å². The molecule has 1 atom stereocenters. The highest BCUT2D eigenvalue weighted by Gasteiger charge is 2.40. The second-order valence-electron chi connectivity index (χ2n) is 4.65. The number of benzene rings is 1. The fourth-order valence-corrected chi connectivity index (χ4v) is 1.55. The molecule has 1 rings (SSSR count). The Balaban J connectivity index is 2.61. The van der Waals surface area contributed by atoms with Gasteiger partial charge in [0.25, 0.3) is 0 Å². The van der Waals surface area contributed by atoms with Crippen molar-refractivity contribution in [2.24, 2.45) is 0 Å². The van der Waals surface area contributed by atoms with Crippen LogP contribution in [0, 0.1) is 0 Å². The van der Waals surface area contributed by atoms with Gasteiger partial charge in [0.05, 0.1) is 6.54 Å². The first-order chi connectivity index (χ1) is 8.74. The molecule has 0 amide bonds. The highest BCUT2D eigenvalue weighted by molar-refractivity contribution is 5.46. The minimum atomic E-state index is -4.00. The first kappa shape index (κ1) is 15.8. The largest absolute Gasteiger partial charge is 0.378 e. The van der Waals surface area contributed by atoms with E-state index in [0.29, 0.717) is 0 Å². The van der Waals surface area contributed by atoms with E-state index in [1.165, 1.54) is 0 Å². The second-order valence-corrected chi connectivity index (χ2v) is 4.65. The fraction of sp³-hybridized carbons (Fsp3) is 0.538. The average molecular weight is 278 g/mol. The number of halogens is 4. The van der Waals surface area contributed by atoms with Crippen LogP contribution in [0.25, 0.3) is 0 Å². The first-order valence-electron chi connectivity index (χ1n) is 5.90. The minimum absolute atomic E-state index is 0.416. The molecule has 0 spiro atoms. The molecule has 0 bridgehead atoms. The standard InChI is InChI=1S/C13H18F4N2/c1-9(18-8-13(16,17)12(14)15)10-4-6-11(7-5-10)19(2)3/h4-7,9,12,18H,8H2,1-3H3. The lowest BCUT2D eigenvalue weighted by Crippen LogP contribution is -2.39. The summed E-state index contributed by atoms with van der Waals surface area (Å²) in [6.45, 7) is 0.619. The molecule has 0 aliphatic rings. The maximum atomic E-state index is 12.8. The number of rotatable bonds is 6. The number of anilines is 1. The fourth-order valence-electron chi connectivity index (χ4n) is 1.55. The normalized spacial score (nSPS) is 13.7. The molecule has 1 N–H and O–H groups in total. The highest BCUT2D eigenvalue weighted by atomic mass is 19.3. The summed E-state index contributed by atoms with van der Waals surface area (Å²) in [5.41, 5.74) is 1.75. The molecule has 6 heteroatoms. The Labute approximate surface area is 110 Å². The third-order valence-corrected chi connectivity index (χ3v) is 2.87. The van der Waals surface area contributed by atoms with E-state index in [9.17, 15) is 17.6 Å². The summed E-state index contributed by atoms with van der Waals surface area (Å²) in [5, 5.41) is 2.43. The summed E-state index contributed by atoms with van der Waals surface area (Å²) < 4.78 is 49.6. The van der Waals surface area contributed by atoms with Crippen molar-refractivity contribution in [1.29, 1.82) is 0 Å². The number of nitrogens with zero attached hydrogens (tertiary/aromatic N) is 1. The second kappa shape index (κ2) is 6.23. The zero-order chi connectivity index (χ0) is 14.6. The van der Waals surface area contributed by atoms with Gasteiger partial charge < -0.3 is 10.2 Å². The molecule has 1 aromatic rings. The van der Waals surface area contributed by atoms with Crippen LogP contribution in [0.5, 0.6) is 0 Å². The van der Waals surface area contributed by atoms with Gasteiger partial charge in [0, 0.05) is 25.8 Å². The molecule has 0 aliphatic heterocycles. The number of alkyl halides is 4. The summed E-state index contributed by atoms with van der Waals surface area (Å²) in [6, 6.07) is 6.85. The third-order valence-electron chi connectivity index (χ3n) is 2.87. The van der Waals surface area contributed by atoms with Crippen molar-refractivity contribution in [3.8, 4) is 0 Å². The van der Waals surface area contributed by atoms with Crippen LogP contribution >= 0.6 is 0 Å². The van der Waals surface area contributed by atoms with Gasteiger partial charge in [0.2, 0.25) is 0 Å². The van der Waals surface area contributed by atoms with E-state index in [1.54, 1.807) is 19.1 Å². The first-order valence-corrected chi connectivity index (χ1v) is 5.90. The van der Waals surface area contributed by atoms with E-state index >= 15 is 0 Å². The molecule has 0 saturated carbocycles. The van der Waals surface area contributed by atoms with Crippen LogP contribution in [0.1, 0.15) is 18.5 Å². The SMILES string of the molecule is CC(NCC(F)(F)C(F)F)c1ccc(N(C)C)cc1. The van der Waals surface area contributed by atoms with Crippen molar-refractivity contribution in [1.82, 2.24) is 5.32 Å². The van der Waals surface area contributed by atoms with Crippen LogP contribution in [-0.4, -0.2) is 33.0 Å². The van der Waals surface area contributed by atoms with Crippen LogP contribution in [-0.2, 0) is 0 Å². The molecule has 0 heterocycles. The molecule has 0 fully saturated rings. The molecule has 2 nitrogen and oxygen atoms in total. The van der Waals surface area contributed by atoms with Crippen LogP contribution in [0.3, 0.4) is 0 Å². The predicted molar refractivity (Wildman–Crippen MR) is 68.1 cm³/mol. The molecule has 0 aliphatic carbocycles. The molecule has 1 unspecified atom stereocenters. The van der Waals surface area contributed by atoms with Crippen molar-refractivity contribution < 1.29 is 17.6 Å². The Hall–Kier alpha value is -1.30. The van der Waals surface area contributed by atoms with Crippen molar-refractivity contribution in [2.45, 2.75) is 25.3 Å². The van der Waals surface area contributed by atoms with Gasteiger partial charge in [0.1, 0.15) is 0 Å². The number of hydrogen-bond donors (Lipinski definition) is 1. The number of nitrogens with one attached hydrogen (secondary N) is 1. The van der Waals surface area contributed by atoms with E-state index < -0.39 is 24.9 Å². The zero-order valence-electron chi connectivity index (χ0n) is 11.1. The minimum Gasteiger partial charge on any atom is -0.378 e. The summed E-state index contributed by atoms with van der Waals surface area (Å²) in [5.74, 6) is -4.00. The van der Waals surface area contributed by atoms with Crippen molar-refractivity contribution in [3.63, 3.8) is 0 Å². The van der Waals surface area contributed by atoms with E-state index in [0.717, 1.165) is 11.3 Å². The Morgan fingerprint density at radius 2 is 1.68 bits per heavy atom. The van der Waals surface area contributed by atoms with E-state index in [2.05, 4.69) is 5.32 Å². The van der Waals surface area contributed by atoms with E-state index in [1.807, 2.05) is 31.1 Å². The van der Waals surface area contributed by atoms with E-state index in [-0.39, 0.29) is 0 Å². The van der Waals surface area contributed by atoms with Gasteiger partial charge in [-0.3, -0.25) is 0 Å². The van der Waals surface area contributed by atoms with Crippen molar-refractivity contribution in [3.05, 3.63) is 29.8 Å². The van der Waals surface area contributed by atoms with E-state index in [4.69, 9.17) is 0 Å². The monoisotopic (exact) mass is 278 g/mol. The van der Waals surface area contributed by atoms with Gasteiger partial charge in [-0.05, 0) is 24.6 Å². The van der Waals surface area contributed by atoms with Crippen molar-refractivity contribution >= 4 is 5.69 Å². The molecular weight excluding hydrogens is 260 g/mol. The molecule has 0 saturated heterocycles. The van der Waals surface area contributed by atoms with Crippen LogP contribution in [0.15, 0.2) is 24.3 Å². The number of hydrogen-bond acceptors (Lipinski definition) is 2. The quantitative estimate of drug-likeness (QED) is 0.803. The maximum Gasteiger partial charge on any atom is 0.319 e. The van der Waals surface area contributed by atoms with Gasteiger partial charge in [-0.2, -0.15) is 8.78 Å². The topological polar surface area (TPSA) is 15.3 Å². The van der Waals surface area contributed by atoms with Crippen LogP contribution < -0.4 is 10.2 Å². The van der Waals surface area contributed by atoms with Gasteiger partial charge in [-0.1, -0.05) is 12.1 Å². The van der Waals surface area contributed by atoms with Crippen LogP contribution in [0.4, 0.5) is 23.2 Å². The lowest BCUT2D eigenvalue weighted by atomic mass is 10.1. The zero-order valence-corrected chi connectivity index (χ0v) is 11.1. The van der Waals surface area contributed by atoms with Gasteiger partial charge in [-0.15, -0.1) is 0 Å². The lowest BCUT2D eigenvalue weighted by molar-refractivity contribution is -0.126. The van der Waals surface area contributed by atoms with Gasteiger partial charge in [0.15, 0.2) is 0 Å². The molecule has 0 radical (unpaired) electrons. The lowest BCUT2D eigenvalue weighted by Gasteiger charge is -2.20. The highest BCUT2D eigenvalue weighted by Crippen LogP contribution is 2.23. The van der Waals surface area contributed by atoms with Gasteiger partial charge in [-0.25, -0.2) is 8.78 Å². The Morgan fingerprint density at radius 1 is 1.16 bits per heavy atom.